The number of fused-ring (bicyclic) bond motifs is 2. The van der Waals surface area contributed by atoms with Crippen LogP contribution in [-0.4, -0.2) is 34.5 Å². The van der Waals surface area contributed by atoms with Gasteiger partial charge < -0.3 is 15.6 Å². The van der Waals surface area contributed by atoms with Crippen LogP contribution < -0.4 is 10.6 Å². The van der Waals surface area contributed by atoms with Crippen molar-refractivity contribution in [1.82, 2.24) is 20.6 Å². The minimum atomic E-state index is 0.190. The first-order valence-electron chi connectivity index (χ1n) is 6.34. The molecule has 3 N–H and O–H groups in total. The lowest BCUT2D eigenvalue weighted by atomic mass is 9.88. The summed E-state index contributed by atoms with van der Waals surface area (Å²) in [5.41, 5.74) is 1.07. The second-order valence-corrected chi connectivity index (χ2v) is 5.01. The fourth-order valence-electron chi connectivity index (χ4n) is 2.99. The monoisotopic (exact) mass is 234 g/mol. The second kappa shape index (κ2) is 4.49. The fourth-order valence-corrected chi connectivity index (χ4v) is 2.99. The SMILES string of the molecule is O=C(NCCc1cnc[nH]1)C1CC2CCC1N2. The first kappa shape index (κ1) is 10.8. The number of H-pyrrole nitrogens is 1. The maximum Gasteiger partial charge on any atom is 0.224 e. The lowest BCUT2D eigenvalue weighted by Gasteiger charge is -2.19. The van der Waals surface area contributed by atoms with E-state index >= 15 is 0 Å². The summed E-state index contributed by atoms with van der Waals surface area (Å²) in [5, 5.41) is 6.51. The molecule has 0 spiro atoms. The van der Waals surface area contributed by atoms with Gasteiger partial charge >= 0.3 is 0 Å². The summed E-state index contributed by atoms with van der Waals surface area (Å²) < 4.78 is 0. The van der Waals surface area contributed by atoms with Crippen molar-refractivity contribution < 1.29 is 4.79 Å². The van der Waals surface area contributed by atoms with E-state index in [1.807, 2.05) is 0 Å². The van der Waals surface area contributed by atoms with Crippen molar-refractivity contribution in [2.45, 2.75) is 37.8 Å². The van der Waals surface area contributed by atoms with Crippen molar-refractivity contribution in [3.63, 3.8) is 0 Å². The molecule has 2 bridgehead atoms. The normalized spacial score (nSPS) is 30.7. The third-order valence-electron chi connectivity index (χ3n) is 3.89. The minimum Gasteiger partial charge on any atom is -0.355 e. The Bertz CT molecular complexity index is 389. The molecule has 3 atom stereocenters. The van der Waals surface area contributed by atoms with Gasteiger partial charge in [-0.3, -0.25) is 4.79 Å². The van der Waals surface area contributed by atoms with E-state index in [1.165, 1.54) is 6.42 Å². The number of carbonyl (C=O) groups excluding carboxylic acids is 1. The highest BCUT2D eigenvalue weighted by Gasteiger charge is 2.42. The number of hydrogen-bond donors (Lipinski definition) is 3. The molecule has 2 aliphatic rings. The van der Waals surface area contributed by atoms with Crippen LogP contribution in [0.2, 0.25) is 0 Å². The molecule has 0 aromatic carbocycles. The molecule has 1 aromatic heterocycles. The van der Waals surface area contributed by atoms with Crippen molar-refractivity contribution in [1.29, 1.82) is 0 Å². The van der Waals surface area contributed by atoms with E-state index in [4.69, 9.17) is 0 Å². The number of aromatic nitrogens is 2. The molecule has 1 aromatic rings. The first-order valence-corrected chi connectivity index (χ1v) is 6.34. The highest BCUT2D eigenvalue weighted by atomic mass is 16.1. The molecule has 5 heteroatoms. The van der Waals surface area contributed by atoms with Crippen molar-refractivity contribution >= 4 is 5.91 Å². The van der Waals surface area contributed by atoms with Crippen LogP contribution >= 0.6 is 0 Å². The molecule has 2 saturated heterocycles. The summed E-state index contributed by atoms with van der Waals surface area (Å²) in [6.45, 7) is 0.689. The predicted molar refractivity (Wildman–Crippen MR) is 63.4 cm³/mol. The Hall–Kier alpha value is -1.36. The lowest BCUT2D eigenvalue weighted by Crippen LogP contribution is -2.38. The van der Waals surface area contributed by atoms with E-state index in [2.05, 4.69) is 20.6 Å². The molecular formula is C12H18N4O. The van der Waals surface area contributed by atoms with Gasteiger partial charge in [0.05, 0.1) is 12.2 Å². The molecule has 3 heterocycles. The van der Waals surface area contributed by atoms with Crippen LogP contribution in [-0.2, 0) is 11.2 Å². The molecular weight excluding hydrogens is 216 g/mol. The van der Waals surface area contributed by atoms with Crippen LogP contribution in [0.1, 0.15) is 25.0 Å². The Balaban J connectivity index is 1.45. The quantitative estimate of drug-likeness (QED) is 0.697. The molecule has 2 aliphatic heterocycles. The zero-order valence-electron chi connectivity index (χ0n) is 9.78. The van der Waals surface area contributed by atoms with E-state index in [-0.39, 0.29) is 11.8 Å². The third kappa shape index (κ3) is 2.20. The smallest absolute Gasteiger partial charge is 0.224 e. The van der Waals surface area contributed by atoms with Gasteiger partial charge in [-0.15, -0.1) is 0 Å². The maximum atomic E-state index is 12.0. The molecule has 1 amide bonds. The van der Waals surface area contributed by atoms with Crippen LogP contribution in [0.25, 0.3) is 0 Å². The highest BCUT2D eigenvalue weighted by Crippen LogP contribution is 2.33. The Morgan fingerprint density at radius 3 is 3.12 bits per heavy atom. The number of carbonyl (C=O) groups is 1. The van der Waals surface area contributed by atoms with Gasteiger partial charge in [0.2, 0.25) is 5.91 Å². The molecule has 0 radical (unpaired) electrons. The minimum absolute atomic E-state index is 0.190. The summed E-state index contributed by atoms with van der Waals surface area (Å²) in [6, 6.07) is 1.01. The zero-order chi connectivity index (χ0) is 11.7. The Morgan fingerprint density at radius 1 is 1.53 bits per heavy atom. The van der Waals surface area contributed by atoms with Gasteiger partial charge in [0.15, 0.2) is 0 Å². The predicted octanol–water partition coefficient (Wildman–Crippen LogP) is 0.209. The first-order chi connectivity index (χ1) is 8.33. The lowest BCUT2D eigenvalue weighted by molar-refractivity contribution is -0.125. The summed E-state index contributed by atoms with van der Waals surface area (Å²) >= 11 is 0. The van der Waals surface area contributed by atoms with E-state index in [0.717, 1.165) is 25.0 Å². The topological polar surface area (TPSA) is 69.8 Å². The number of nitrogens with one attached hydrogen (secondary N) is 3. The Kier molecular flexibility index (Phi) is 2.84. The van der Waals surface area contributed by atoms with Crippen LogP contribution in [0.5, 0.6) is 0 Å². The van der Waals surface area contributed by atoms with Gasteiger partial charge in [0.25, 0.3) is 0 Å². The molecule has 2 fully saturated rings. The molecule has 3 unspecified atom stereocenters. The van der Waals surface area contributed by atoms with Gasteiger partial charge in [-0.2, -0.15) is 0 Å². The molecule has 0 saturated carbocycles. The standard InChI is InChI=1S/C12H18N4O/c17-12(10-5-8-1-2-11(10)16-8)14-4-3-9-6-13-7-15-9/h6-8,10-11,16H,1-5H2,(H,13,15)(H,14,17). The van der Waals surface area contributed by atoms with Gasteiger partial charge in [-0.25, -0.2) is 4.98 Å². The van der Waals surface area contributed by atoms with Gasteiger partial charge in [0, 0.05) is 36.9 Å². The van der Waals surface area contributed by atoms with Crippen LogP contribution in [0.3, 0.4) is 0 Å². The molecule has 92 valence electrons. The summed E-state index contributed by atoms with van der Waals surface area (Å²) in [6.07, 6.45) is 7.69. The van der Waals surface area contributed by atoms with E-state index < -0.39 is 0 Å². The summed E-state index contributed by atoms with van der Waals surface area (Å²) in [5.74, 6) is 0.403. The fraction of sp³-hybridized carbons (Fsp3) is 0.667. The zero-order valence-corrected chi connectivity index (χ0v) is 9.78. The largest absolute Gasteiger partial charge is 0.355 e. The average molecular weight is 234 g/mol. The summed E-state index contributed by atoms with van der Waals surface area (Å²) in [4.78, 5) is 19.0. The van der Waals surface area contributed by atoms with Gasteiger partial charge in [-0.05, 0) is 19.3 Å². The van der Waals surface area contributed by atoms with Crippen LogP contribution in [0, 0.1) is 5.92 Å². The Morgan fingerprint density at radius 2 is 2.47 bits per heavy atom. The van der Waals surface area contributed by atoms with Crippen LogP contribution in [0.15, 0.2) is 12.5 Å². The van der Waals surface area contributed by atoms with Crippen LogP contribution in [0.4, 0.5) is 0 Å². The summed E-state index contributed by atoms with van der Waals surface area (Å²) in [7, 11) is 0. The molecule has 17 heavy (non-hydrogen) atoms. The van der Waals surface area contributed by atoms with E-state index in [9.17, 15) is 4.79 Å². The van der Waals surface area contributed by atoms with Crippen molar-refractivity contribution in [3.05, 3.63) is 18.2 Å². The van der Waals surface area contributed by atoms with Crippen molar-refractivity contribution in [3.8, 4) is 0 Å². The van der Waals surface area contributed by atoms with Gasteiger partial charge in [0.1, 0.15) is 0 Å². The van der Waals surface area contributed by atoms with E-state index in [1.54, 1.807) is 12.5 Å². The molecule has 0 aliphatic carbocycles. The maximum absolute atomic E-state index is 12.0. The molecule has 5 nitrogen and oxygen atoms in total. The van der Waals surface area contributed by atoms with Crippen molar-refractivity contribution in [2.24, 2.45) is 5.92 Å². The van der Waals surface area contributed by atoms with Crippen molar-refractivity contribution in [2.75, 3.05) is 6.54 Å². The third-order valence-corrected chi connectivity index (χ3v) is 3.89. The number of aromatic amines is 1. The average Bonchev–Trinajstić information content (AvgIpc) is 3.05. The van der Waals surface area contributed by atoms with E-state index in [0.29, 0.717) is 18.6 Å². The number of amides is 1. The number of rotatable bonds is 4. The second-order valence-electron chi connectivity index (χ2n) is 5.01. The highest BCUT2D eigenvalue weighted by molar-refractivity contribution is 5.80. The van der Waals surface area contributed by atoms with Gasteiger partial charge in [-0.1, -0.05) is 0 Å². The number of nitrogens with zero attached hydrogens (tertiary/aromatic N) is 1. The Labute approximate surface area is 100 Å². The molecule has 3 rings (SSSR count). The number of hydrogen-bond acceptors (Lipinski definition) is 3. The number of imidazole rings is 1.